The van der Waals surface area contributed by atoms with Crippen LogP contribution < -0.4 is 15.8 Å². The summed E-state index contributed by atoms with van der Waals surface area (Å²) in [7, 11) is 1.80. The number of hydrogen-bond donors (Lipinski definition) is 3. The lowest BCUT2D eigenvalue weighted by Gasteiger charge is -2.21. The van der Waals surface area contributed by atoms with E-state index in [2.05, 4.69) is 21.9 Å². The summed E-state index contributed by atoms with van der Waals surface area (Å²) >= 11 is 0. The van der Waals surface area contributed by atoms with E-state index in [-0.39, 0.29) is 10.9 Å². The summed E-state index contributed by atoms with van der Waals surface area (Å²) in [6.45, 7) is 2.69. The Hall–Kier alpha value is -1.31. The molecule has 108 valence electrons. The van der Waals surface area contributed by atoms with Crippen molar-refractivity contribution in [1.82, 2.24) is 9.62 Å². The van der Waals surface area contributed by atoms with E-state index in [1.54, 1.807) is 12.1 Å². The Labute approximate surface area is 115 Å². The standard InChI is InChI=1S/C12H22N4O2S/c1-9(16(3)4)8-15-11-6-5-10(13)7-12(11)19(17,18)14-2/h5-7,9,14-15H,8,13H2,1-4H3. The van der Waals surface area contributed by atoms with Crippen LogP contribution in [0.5, 0.6) is 0 Å². The number of nitrogens with two attached hydrogens (primary N) is 1. The van der Waals surface area contributed by atoms with Crippen molar-refractivity contribution in [2.24, 2.45) is 0 Å². The molecule has 1 rings (SSSR count). The van der Waals surface area contributed by atoms with Crippen molar-refractivity contribution < 1.29 is 8.42 Å². The summed E-state index contributed by atoms with van der Waals surface area (Å²) < 4.78 is 26.2. The number of nitrogens with one attached hydrogen (secondary N) is 2. The van der Waals surface area contributed by atoms with Gasteiger partial charge < -0.3 is 16.0 Å². The van der Waals surface area contributed by atoms with Gasteiger partial charge in [-0.1, -0.05) is 0 Å². The molecule has 0 amide bonds. The van der Waals surface area contributed by atoms with E-state index in [0.717, 1.165) is 0 Å². The molecule has 0 fully saturated rings. The largest absolute Gasteiger partial charge is 0.399 e. The number of rotatable bonds is 6. The van der Waals surface area contributed by atoms with E-state index in [4.69, 9.17) is 5.73 Å². The summed E-state index contributed by atoms with van der Waals surface area (Å²) in [5, 5.41) is 3.15. The van der Waals surface area contributed by atoms with Gasteiger partial charge in [0.05, 0.1) is 5.69 Å². The molecule has 1 unspecified atom stereocenters. The molecule has 0 saturated carbocycles. The zero-order chi connectivity index (χ0) is 14.6. The lowest BCUT2D eigenvalue weighted by Crippen LogP contribution is -2.32. The minimum Gasteiger partial charge on any atom is -0.399 e. The van der Waals surface area contributed by atoms with Crippen molar-refractivity contribution >= 4 is 21.4 Å². The summed E-state index contributed by atoms with van der Waals surface area (Å²) in [6.07, 6.45) is 0. The summed E-state index contributed by atoms with van der Waals surface area (Å²) in [4.78, 5) is 2.22. The van der Waals surface area contributed by atoms with Crippen molar-refractivity contribution in [3.05, 3.63) is 18.2 Å². The third-order valence-corrected chi connectivity index (χ3v) is 4.49. The Kier molecular flexibility index (Phi) is 5.16. The molecule has 0 aliphatic rings. The molecule has 19 heavy (non-hydrogen) atoms. The molecule has 0 radical (unpaired) electrons. The van der Waals surface area contributed by atoms with Gasteiger partial charge in [0.25, 0.3) is 0 Å². The number of nitrogens with zero attached hydrogens (tertiary/aromatic N) is 1. The van der Waals surface area contributed by atoms with Gasteiger partial charge in [-0.25, -0.2) is 13.1 Å². The highest BCUT2D eigenvalue weighted by Gasteiger charge is 2.17. The molecule has 1 atom stereocenters. The van der Waals surface area contributed by atoms with Gasteiger partial charge >= 0.3 is 0 Å². The van der Waals surface area contributed by atoms with Crippen molar-refractivity contribution in [3.63, 3.8) is 0 Å². The molecule has 0 aromatic heterocycles. The predicted molar refractivity (Wildman–Crippen MR) is 78.7 cm³/mol. The normalized spacial score (nSPS) is 13.5. The van der Waals surface area contributed by atoms with E-state index < -0.39 is 10.0 Å². The Morgan fingerprint density at radius 2 is 2.00 bits per heavy atom. The van der Waals surface area contributed by atoms with Gasteiger partial charge in [-0.05, 0) is 46.3 Å². The SMILES string of the molecule is CNS(=O)(=O)c1cc(N)ccc1NCC(C)N(C)C. The second-order valence-electron chi connectivity index (χ2n) is 4.66. The van der Waals surface area contributed by atoms with Gasteiger partial charge in [0.15, 0.2) is 0 Å². The second-order valence-corrected chi connectivity index (χ2v) is 6.51. The molecular weight excluding hydrogens is 264 g/mol. The molecule has 0 bridgehead atoms. The number of likely N-dealkylation sites (N-methyl/N-ethyl adjacent to an activating group) is 1. The number of sulfonamides is 1. The van der Waals surface area contributed by atoms with Crippen molar-refractivity contribution in [2.45, 2.75) is 17.9 Å². The first kappa shape index (κ1) is 15.7. The van der Waals surface area contributed by atoms with Gasteiger partial charge in [0.1, 0.15) is 4.90 Å². The van der Waals surface area contributed by atoms with Crippen LogP contribution in [0, 0.1) is 0 Å². The van der Waals surface area contributed by atoms with E-state index in [0.29, 0.717) is 17.9 Å². The van der Waals surface area contributed by atoms with Gasteiger partial charge in [-0.2, -0.15) is 0 Å². The van der Waals surface area contributed by atoms with Crippen LogP contribution >= 0.6 is 0 Å². The maximum Gasteiger partial charge on any atom is 0.242 e. The van der Waals surface area contributed by atoms with Crippen LogP contribution in [0.2, 0.25) is 0 Å². The first-order valence-electron chi connectivity index (χ1n) is 6.01. The average molecular weight is 286 g/mol. The molecule has 6 nitrogen and oxygen atoms in total. The van der Waals surface area contributed by atoms with E-state index in [9.17, 15) is 8.42 Å². The lowest BCUT2D eigenvalue weighted by molar-refractivity contribution is 0.326. The number of anilines is 2. The summed E-state index contributed by atoms with van der Waals surface area (Å²) in [6, 6.07) is 5.09. The van der Waals surface area contributed by atoms with Gasteiger partial charge in [-0.15, -0.1) is 0 Å². The maximum absolute atomic E-state index is 11.9. The Morgan fingerprint density at radius 1 is 1.37 bits per heavy atom. The van der Waals surface area contributed by atoms with Crippen molar-refractivity contribution in [2.75, 3.05) is 38.7 Å². The molecule has 0 saturated heterocycles. The van der Waals surface area contributed by atoms with Crippen LogP contribution in [0.1, 0.15) is 6.92 Å². The fraction of sp³-hybridized carbons (Fsp3) is 0.500. The second kappa shape index (κ2) is 6.23. The third kappa shape index (κ3) is 4.09. The fourth-order valence-electron chi connectivity index (χ4n) is 1.46. The molecule has 4 N–H and O–H groups in total. The molecule has 1 aromatic rings. The Morgan fingerprint density at radius 3 is 2.53 bits per heavy atom. The molecule has 0 aliphatic carbocycles. The van der Waals surface area contributed by atoms with E-state index in [1.807, 2.05) is 14.1 Å². The Balaban J connectivity index is 3.02. The predicted octanol–water partition coefficient (Wildman–Crippen LogP) is 0.539. The zero-order valence-corrected chi connectivity index (χ0v) is 12.6. The maximum atomic E-state index is 11.9. The van der Waals surface area contributed by atoms with Crippen LogP contribution in [0.15, 0.2) is 23.1 Å². The number of benzene rings is 1. The fourth-order valence-corrected chi connectivity index (χ4v) is 2.40. The molecule has 7 heteroatoms. The molecular formula is C12H22N4O2S. The van der Waals surface area contributed by atoms with Crippen molar-refractivity contribution in [1.29, 1.82) is 0 Å². The van der Waals surface area contributed by atoms with Crippen LogP contribution in [0.4, 0.5) is 11.4 Å². The van der Waals surface area contributed by atoms with Gasteiger partial charge in [-0.3, -0.25) is 0 Å². The molecule has 0 spiro atoms. The van der Waals surface area contributed by atoms with Crippen LogP contribution in [-0.2, 0) is 10.0 Å². The van der Waals surface area contributed by atoms with E-state index >= 15 is 0 Å². The molecule has 0 heterocycles. The first-order chi connectivity index (χ1) is 8.77. The lowest BCUT2D eigenvalue weighted by atomic mass is 10.2. The van der Waals surface area contributed by atoms with Crippen LogP contribution in [-0.4, -0.2) is 47.0 Å². The smallest absolute Gasteiger partial charge is 0.242 e. The topological polar surface area (TPSA) is 87.5 Å². The van der Waals surface area contributed by atoms with E-state index in [1.165, 1.54) is 13.1 Å². The summed E-state index contributed by atoms with van der Waals surface area (Å²) in [5.41, 5.74) is 6.62. The highest BCUT2D eigenvalue weighted by atomic mass is 32.2. The zero-order valence-electron chi connectivity index (χ0n) is 11.8. The van der Waals surface area contributed by atoms with Crippen molar-refractivity contribution in [3.8, 4) is 0 Å². The van der Waals surface area contributed by atoms with Gasteiger partial charge in [0, 0.05) is 18.3 Å². The summed E-state index contributed by atoms with van der Waals surface area (Å²) in [5.74, 6) is 0. The van der Waals surface area contributed by atoms with Crippen LogP contribution in [0.3, 0.4) is 0 Å². The third-order valence-electron chi connectivity index (χ3n) is 3.03. The Bertz CT molecular complexity index is 529. The molecule has 1 aromatic carbocycles. The van der Waals surface area contributed by atoms with Gasteiger partial charge in [0.2, 0.25) is 10.0 Å². The monoisotopic (exact) mass is 286 g/mol. The van der Waals surface area contributed by atoms with Crippen LogP contribution in [0.25, 0.3) is 0 Å². The highest BCUT2D eigenvalue weighted by Crippen LogP contribution is 2.23. The first-order valence-corrected chi connectivity index (χ1v) is 7.49. The molecule has 0 aliphatic heterocycles. The number of hydrogen-bond acceptors (Lipinski definition) is 5. The average Bonchev–Trinajstić information content (AvgIpc) is 2.36. The quantitative estimate of drug-likeness (QED) is 0.664. The minimum absolute atomic E-state index is 0.168. The number of nitrogen functional groups attached to an aromatic ring is 1. The minimum atomic E-state index is -3.53. The highest BCUT2D eigenvalue weighted by molar-refractivity contribution is 7.89.